The summed E-state index contributed by atoms with van der Waals surface area (Å²) in [6.07, 6.45) is -1.15. The lowest BCUT2D eigenvalue weighted by Crippen LogP contribution is -2.13. The number of nitrogens with zero attached hydrogens (tertiary/aromatic N) is 2. The normalized spacial score (nSPS) is 12.6. The van der Waals surface area contributed by atoms with Gasteiger partial charge in [0.25, 0.3) is 0 Å². The van der Waals surface area contributed by atoms with Gasteiger partial charge in [0.1, 0.15) is 0 Å². The zero-order valence-corrected chi connectivity index (χ0v) is 8.41. The van der Waals surface area contributed by atoms with Crippen LogP contribution in [0.1, 0.15) is 11.8 Å². The van der Waals surface area contributed by atoms with E-state index in [2.05, 4.69) is 4.98 Å². The first-order valence-corrected chi connectivity index (χ1v) is 4.82. The highest BCUT2D eigenvalue weighted by Crippen LogP contribution is 2.16. The summed E-state index contributed by atoms with van der Waals surface area (Å²) in [5, 5.41) is 20.8. The molecule has 1 heterocycles. The number of fused-ring (bicyclic) bond motifs is 1. The maximum absolute atomic E-state index is 10.3. The van der Waals surface area contributed by atoms with Gasteiger partial charge in [-0.05, 0) is 12.1 Å². The third-order valence-corrected chi connectivity index (χ3v) is 2.28. The van der Waals surface area contributed by atoms with Gasteiger partial charge in [-0.25, -0.2) is 4.98 Å². The molecule has 2 aromatic rings. The highest BCUT2D eigenvalue weighted by atomic mass is 16.6. The van der Waals surface area contributed by atoms with E-state index < -0.39 is 17.6 Å². The number of rotatable bonds is 3. The first kappa shape index (κ1) is 10.5. The van der Waals surface area contributed by atoms with Gasteiger partial charge in [-0.15, -0.1) is 0 Å². The summed E-state index contributed by atoms with van der Waals surface area (Å²) in [4.78, 5) is 13.9. The van der Waals surface area contributed by atoms with Crippen LogP contribution >= 0.6 is 0 Å². The van der Waals surface area contributed by atoms with Gasteiger partial charge in [-0.3, -0.25) is 10.1 Å². The minimum Gasteiger partial charge on any atom is -0.380 e. The molecule has 0 amide bonds. The molecule has 1 atom stereocenters. The summed E-state index contributed by atoms with van der Waals surface area (Å²) < 4.78 is 0. The van der Waals surface area contributed by atoms with E-state index in [0.29, 0.717) is 5.69 Å². The van der Waals surface area contributed by atoms with Gasteiger partial charge in [0.15, 0.2) is 6.10 Å². The lowest BCUT2D eigenvalue weighted by molar-refractivity contribution is -0.491. The molecule has 1 N–H and O–H groups in total. The summed E-state index contributed by atoms with van der Waals surface area (Å²) in [5.74, 6) is 0. The van der Waals surface area contributed by atoms with Crippen molar-refractivity contribution in [2.45, 2.75) is 6.10 Å². The Labute approximate surface area is 91.5 Å². The summed E-state index contributed by atoms with van der Waals surface area (Å²) in [7, 11) is 0. The molecule has 5 nitrogen and oxygen atoms in total. The Morgan fingerprint density at radius 3 is 2.81 bits per heavy atom. The molecule has 0 bridgehead atoms. The molecule has 0 spiro atoms. The van der Waals surface area contributed by atoms with Crippen molar-refractivity contribution in [3.8, 4) is 0 Å². The Morgan fingerprint density at radius 2 is 2.06 bits per heavy atom. The lowest BCUT2D eigenvalue weighted by Gasteiger charge is -2.06. The van der Waals surface area contributed by atoms with Crippen LogP contribution < -0.4 is 0 Å². The predicted molar refractivity (Wildman–Crippen MR) is 58.6 cm³/mol. The third kappa shape index (κ3) is 2.14. The Balaban J connectivity index is 2.35. The van der Waals surface area contributed by atoms with E-state index in [-0.39, 0.29) is 0 Å². The zero-order chi connectivity index (χ0) is 11.5. The summed E-state index contributed by atoms with van der Waals surface area (Å²) in [5.41, 5.74) is 1.05. The molecular weight excluding hydrogens is 208 g/mol. The van der Waals surface area contributed by atoms with E-state index in [0.717, 1.165) is 10.9 Å². The molecule has 0 fully saturated rings. The molecule has 0 aliphatic carbocycles. The van der Waals surface area contributed by atoms with E-state index in [4.69, 9.17) is 0 Å². The highest BCUT2D eigenvalue weighted by Gasteiger charge is 2.15. The van der Waals surface area contributed by atoms with Crippen LogP contribution in [0.15, 0.2) is 36.4 Å². The average Bonchev–Trinajstić information content (AvgIpc) is 2.27. The first-order valence-electron chi connectivity index (χ1n) is 4.82. The zero-order valence-electron chi connectivity index (χ0n) is 8.41. The smallest absolute Gasteiger partial charge is 0.235 e. The van der Waals surface area contributed by atoms with Gasteiger partial charge in [0, 0.05) is 10.3 Å². The van der Waals surface area contributed by atoms with E-state index in [9.17, 15) is 15.2 Å². The number of hydrogen-bond donors (Lipinski definition) is 1. The van der Waals surface area contributed by atoms with E-state index in [1.165, 1.54) is 0 Å². The van der Waals surface area contributed by atoms with Crippen molar-refractivity contribution in [1.29, 1.82) is 0 Å². The quantitative estimate of drug-likeness (QED) is 0.626. The van der Waals surface area contributed by atoms with Crippen LogP contribution in [-0.2, 0) is 0 Å². The van der Waals surface area contributed by atoms with Gasteiger partial charge >= 0.3 is 0 Å². The summed E-state index contributed by atoms with van der Waals surface area (Å²) in [6, 6.07) is 10.8. The van der Waals surface area contributed by atoms with Gasteiger partial charge in [-0.2, -0.15) is 0 Å². The number of benzene rings is 1. The van der Waals surface area contributed by atoms with Crippen molar-refractivity contribution in [1.82, 2.24) is 4.98 Å². The molecule has 5 heteroatoms. The standard InChI is InChI=1S/C11H10N2O3/c14-11(7-13(15)16)10-6-5-8-3-1-2-4-9(8)12-10/h1-6,11,14H,7H2/t11-/m0/s1. The molecule has 2 rings (SSSR count). The Kier molecular flexibility index (Phi) is 2.78. The molecule has 0 unspecified atom stereocenters. The van der Waals surface area contributed by atoms with Crippen LogP contribution in [-0.4, -0.2) is 21.6 Å². The molecule has 0 saturated heterocycles. The minimum absolute atomic E-state index is 0.329. The van der Waals surface area contributed by atoms with Crippen LogP contribution in [0.5, 0.6) is 0 Å². The van der Waals surface area contributed by atoms with Crippen molar-refractivity contribution in [3.05, 3.63) is 52.2 Å². The second-order valence-electron chi connectivity index (χ2n) is 3.46. The molecule has 1 aromatic heterocycles. The number of para-hydroxylation sites is 1. The number of aliphatic hydroxyl groups excluding tert-OH is 1. The van der Waals surface area contributed by atoms with Gasteiger partial charge in [-0.1, -0.05) is 24.3 Å². The second kappa shape index (κ2) is 4.24. The monoisotopic (exact) mass is 218 g/mol. The first-order chi connectivity index (χ1) is 7.66. The van der Waals surface area contributed by atoms with Gasteiger partial charge in [0.05, 0.1) is 11.2 Å². The molecule has 82 valence electrons. The van der Waals surface area contributed by atoms with Crippen molar-refractivity contribution in [2.75, 3.05) is 6.54 Å². The molecule has 0 radical (unpaired) electrons. The SMILES string of the molecule is O=[N+]([O-])C[C@H](O)c1ccc2ccccc2n1. The average molecular weight is 218 g/mol. The Hall–Kier alpha value is -2.01. The van der Waals surface area contributed by atoms with Crippen LogP contribution in [0.3, 0.4) is 0 Å². The van der Waals surface area contributed by atoms with Gasteiger partial charge < -0.3 is 5.11 Å². The van der Waals surface area contributed by atoms with E-state index in [1.54, 1.807) is 18.2 Å². The molecule has 0 aliphatic rings. The van der Waals surface area contributed by atoms with E-state index in [1.807, 2.05) is 18.2 Å². The van der Waals surface area contributed by atoms with Crippen LogP contribution in [0.4, 0.5) is 0 Å². The maximum atomic E-state index is 10.3. The fourth-order valence-electron chi connectivity index (χ4n) is 1.50. The number of aromatic nitrogens is 1. The molecule has 16 heavy (non-hydrogen) atoms. The number of aliphatic hydroxyl groups is 1. The predicted octanol–water partition coefficient (Wildman–Crippen LogP) is 1.54. The minimum atomic E-state index is -1.15. The van der Waals surface area contributed by atoms with Crippen LogP contribution in [0.25, 0.3) is 10.9 Å². The maximum Gasteiger partial charge on any atom is 0.235 e. The van der Waals surface area contributed by atoms with E-state index >= 15 is 0 Å². The lowest BCUT2D eigenvalue weighted by atomic mass is 10.1. The number of nitro groups is 1. The van der Waals surface area contributed by atoms with Crippen molar-refractivity contribution in [2.24, 2.45) is 0 Å². The molecule has 0 aliphatic heterocycles. The largest absolute Gasteiger partial charge is 0.380 e. The van der Waals surface area contributed by atoms with Crippen molar-refractivity contribution in [3.63, 3.8) is 0 Å². The fourth-order valence-corrected chi connectivity index (χ4v) is 1.50. The van der Waals surface area contributed by atoms with Gasteiger partial charge in [0.2, 0.25) is 6.54 Å². The number of pyridine rings is 1. The van der Waals surface area contributed by atoms with Crippen LogP contribution in [0.2, 0.25) is 0 Å². The molecule has 1 aromatic carbocycles. The van der Waals surface area contributed by atoms with Crippen LogP contribution in [0, 0.1) is 10.1 Å². The Bertz CT molecular complexity index is 527. The molecule has 0 saturated carbocycles. The van der Waals surface area contributed by atoms with Crippen molar-refractivity contribution < 1.29 is 10.0 Å². The number of hydrogen-bond acceptors (Lipinski definition) is 4. The fraction of sp³-hybridized carbons (Fsp3) is 0.182. The molecular formula is C11H10N2O3. The summed E-state index contributed by atoms with van der Waals surface area (Å²) >= 11 is 0. The third-order valence-electron chi connectivity index (χ3n) is 2.28. The topological polar surface area (TPSA) is 76.3 Å². The summed E-state index contributed by atoms with van der Waals surface area (Å²) in [6.45, 7) is -0.522. The highest BCUT2D eigenvalue weighted by molar-refractivity contribution is 5.78. The Morgan fingerprint density at radius 1 is 1.31 bits per heavy atom. The van der Waals surface area contributed by atoms with Crippen molar-refractivity contribution >= 4 is 10.9 Å². The second-order valence-corrected chi connectivity index (χ2v) is 3.46.